The Morgan fingerprint density at radius 2 is 0.603 bits per heavy atom. The van der Waals surface area contributed by atoms with Crippen molar-refractivity contribution in [1.82, 2.24) is 0 Å². The van der Waals surface area contributed by atoms with E-state index < -0.39 is 6.10 Å². The fourth-order valence-electron chi connectivity index (χ4n) is 8.66. The molecule has 0 spiro atoms. The summed E-state index contributed by atoms with van der Waals surface area (Å²) >= 11 is 0. The second-order valence-electron chi connectivity index (χ2n) is 20.3. The Morgan fingerprint density at radius 1 is 0.333 bits per heavy atom. The lowest BCUT2D eigenvalue weighted by atomic mass is 9.99. The van der Waals surface area contributed by atoms with Crippen molar-refractivity contribution >= 4 is 17.9 Å². The summed E-state index contributed by atoms with van der Waals surface area (Å²) < 4.78 is 16.9. The lowest BCUT2D eigenvalue weighted by Gasteiger charge is -2.18. The molecule has 374 valence electrons. The molecule has 0 radical (unpaired) electrons. The van der Waals surface area contributed by atoms with Crippen molar-refractivity contribution in [3.63, 3.8) is 0 Å². The lowest BCUT2D eigenvalue weighted by Crippen LogP contribution is -2.30. The molecule has 1 unspecified atom stereocenters. The van der Waals surface area contributed by atoms with E-state index in [1.165, 1.54) is 205 Å². The highest BCUT2D eigenvalue weighted by molar-refractivity contribution is 5.71. The van der Waals surface area contributed by atoms with Crippen LogP contribution in [0.3, 0.4) is 0 Å². The topological polar surface area (TPSA) is 78.9 Å². The second kappa shape index (κ2) is 49.8. The highest BCUT2D eigenvalue weighted by Gasteiger charge is 2.19. The number of hydrogen-bond donors (Lipinski definition) is 0. The van der Waals surface area contributed by atoms with E-state index in [4.69, 9.17) is 14.2 Å². The Bertz CT molecular complexity index is 964. The molecule has 0 N–H and O–H groups in total. The van der Waals surface area contributed by atoms with Gasteiger partial charge in [0, 0.05) is 19.3 Å². The van der Waals surface area contributed by atoms with Crippen LogP contribution >= 0.6 is 0 Å². The van der Waals surface area contributed by atoms with Crippen LogP contribution in [0.5, 0.6) is 0 Å². The van der Waals surface area contributed by atoms with E-state index >= 15 is 0 Å². The highest BCUT2D eigenvalue weighted by Crippen LogP contribution is 2.18. The quantitative estimate of drug-likeness (QED) is 0.0344. The molecule has 0 aromatic heterocycles. The molecule has 6 nitrogen and oxygen atoms in total. The van der Waals surface area contributed by atoms with Gasteiger partial charge in [-0.15, -0.1) is 0 Å². The number of carbonyl (C=O) groups excluding carboxylic acids is 3. The summed E-state index contributed by atoms with van der Waals surface area (Å²) in [4.78, 5) is 38.1. The van der Waals surface area contributed by atoms with Crippen molar-refractivity contribution in [2.45, 2.75) is 323 Å². The molecular formula is C57H110O6. The van der Waals surface area contributed by atoms with Gasteiger partial charge >= 0.3 is 17.9 Å². The summed E-state index contributed by atoms with van der Waals surface area (Å²) in [5.41, 5.74) is 0. The van der Waals surface area contributed by atoms with Gasteiger partial charge in [-0.1, -0.05) is 279 Å². The second-order valence-corrected chi connectivity index (χ2v) is 20.3. The molecule has 63 heavy (non-hydrogen) atoms. The SMILES string of the molecule is CCCCCCCCCCCCCCC(=O)O[C@H](COC(=O)CCCCCCCCCCCCCCCCCCC(C)C)COC(=O)CCCCCCCCCCCCC(C)CC. The van der Waals surface area contributed by atoms with Crippen molar-refractivity contribution in [2.75, 3.05) is 13.2 Å². The molecule has 0 aromatic rings. The maximum atomic E-state index is 12.8. The number of carbonyl (C=O) groups is 3. The smallest absolute Gasteiger partial charge is 0.306 e. The first-order chi connectivity index (χ1) is 30.8. The molecule has 0 fully saturated rings. The summed E-state index contributed by atoms with van der Waals surface area (Å²) in [5.74, 6) is 0.881. The maximum Gasteiger partial charge on any atom is 0.306 e. The number of rotatable bonds is 51. The zero-order valence-corrected chi connectivity index (χ0v) is 43.2. The molecule has 0 aliphatic carbocycles. The van der Waals surface area contributed by atoms with Crippen LogP contribution in [0.1, 0.15) is 317 Å². The molecule has 0 bridgehead atoms. The Balaban J connectivity index is 4.26. The van der Waals surface area contributed by atoms with Crippen LogP contribution in [0.15, 0.2) is 0 Å². The summed E-state index contributed by atoms with van der Waals surface area (Å²) in [7, 11) is 0. The van der Waals surface area contributed by atoms with Gasteiger partial charge in [0.15, 0.2) is 6.10 Å². The molecule has 0 saturated carbocycles. The summed E-state index contributed by atoms with van der Waals surface area (Å²) in [6.45, 7) is 11.4. The van der Waals surface area contributed by atoms with Gasteiger partial charge in [-0.3, -0.25) is 14.4 Å². The Hall–Kier alpha value is -1.59. The van der Waals surface area contributed by atoms with E-state index in [0.29, 0.717) is 19.3 Å². The molecule has 0 aliphatic heterocycles. The van der Waals surface area contributed by atoms with Gasteiger partial charge in [0.1, 0.15) is 13.2 Å². The van der Waals surface area contributed by atoms with Crippen molar-refractivity contribution in [3.8, 4) is 0 Å². The van der Waals surface area contributed by atoms with Gasteiger partial charge in [0.05, 0.1) is 0 Å². The van der Waals surface area contributed by atoms with Crippen LogP contribution in [0, 0.1) is 11.8 Å². The normalized spacial score (nSPS) is 12.5. The van der Waals surface area contributed by atoms with E-state index in [0.717, 1.165) is 69.6 Å². The standard InChI is InChI=1S/C57H110O6/c1-6-8-9-10-11-12-13-21-29-34-39-44-49-57(60)63-54(51-62-56(59)48-43-38-33-28-24-23-26-31-36-41-46-53(5)7-2)50-61-55(58)47-42-37-32-27-22-19-17-15-14-16-18-20-25-30-35-40-45-52(3)4/h52-54H,6-51H2,1-5H3/t53?,54-/m1/s1. The fourth-order valence-corrected chi connectivity index (χ4v) is 8.66. The number of ether oxygens (including phenoxy) is 3. The number of esters is 3. The summed E-state index contributed by atoms with van der Waals surface area (Å²) in [5, 5.41) is 0. The van der Waals surface area contributed by atoms with Crippen molar-refractivity contribution in [1.29, 1.82) is 0 Å². The fraction of sp³-hybridized carbons (Fsp3) is 0.947. The van der Waals surface area contributed by atoms with E-state index in [9.17, 15) is 14.4 Å². The molecule has 0 heterocycles. The van der Waals surface area contributed by atoms with Gasteiger partial charge in [0.25, 0.3) is 0 Å². The van der Waals surface area contributed by atoms with Gasteiger partial charge in [-0.2, -0.15) is 0 Å². The molecule has 2 atom stereocenters. The Morgan fingerprint density at radius 3 is 0.905 bits per heavy atom. The van der Waals surface area contributed by atoms with E-state index in [1.807, 2.05) is 0 Å². The van der Waals surface area contributed by atoms with Gasteiger partial charge in [-0.25, -0.2) is 0 Å². The van der Waals surface area contributed by atoms with Crippen LogP contribution in [0.4, 0.5) is 0 Å². The third-order valence-electron chi connectivity index (χ3n) is 13.3. The van der Waals surface area contributed by atoms with Crippen molar-refractivity contribution in [3.05, 3.63) is 0 Å². The van der Waals surface area contributed by atoms with Crippen LogP contribution in [-0.2, 0) is 28.6 Å². The van der Waals surface area contributed by atoms with Crippen molar-refractivity contribution < 1.29 is 28.6 Å². The zero-order chi connectivity index (χ0) is 46.1. The van der Waals surface area contributed by atoms with Gasteiger partial charge < -0.3 is 14.2 Å². The Labute approximate surface area is 393 Å². The molecular weight excluding hydrogens is 781 g/mol. The molecule has 0 aliphatic rings. The monoisotopic (exact) mass is 891 g/mol. The maximum absolute atomic E-state index is 12.8. The molecule has 6 heteroatoms. The summed E-state index contributed by atoms with van der Waals surface area (Å²) in [6, 6.07) is 0. The highest BCUT2D eigenvalue weighted by atomic mass is 16.6. The molecule has 0 aromatic carbocycles. The van der Waals surface area contributed by atoms with E-state index in [2.05, 4.69) is 34.6 Å². The lowest BCUT2D eigenvalue weighted by molar-refractivity contribution is -0.167. The summed E-state index contributed by atoms with van der Waals surface area (Å²) in [6.07, 6.45) is 52.3. The van der Waals surface area contributed by atoms with Crippen LogP contribution in [-0.4, -0.2) is 37.2 Å². The van der Waals surface area contributed by atoms with Gasteiger partial charge in [0.2, 0.25) is 0 Å². The first-order valence-corrected chi connectivity index (χ1v) is 28.3. The number of unbranched alkanes of at least 4 members (excludes halogenated alkanes) is 35. The van der Waals surface area contributed by atoms with Crippen molar-refractivity contribution in [2.24, 2.45) is 11.8 Å². The minimum Gasteiger partial charge on any atom is -0.462 e. The first kappa shape index (κ1) is 61.4. The van der Waals surface area contributed by atoms with E-state index in [-0.39, 0.29) is 31.1 Å². The molecule has 0 amide bonds. The first-order valence-electron chi connectivity index (χ1n) is 28.3. The van der Waals surface area contributed by atoms with Crippen LogP contribution in [0.2, 0.25) is 0 Å². The van der Waals surface area contributed by atoms with Crippen LogP contribution in [0.25, 0.3) is 0 Å². The molecule has 0 rings (SSSR count). The van der Waals surface area contributed by atoms with Crippen LogP contribution < -0.4 is 0 Å². The average Bonchev–Trinajstić information content (AvgIpc) is 3.27. The third kappa shape index (κ3) is 49.7. The predicted octanol–water partition coefficient (Wildman–Crippen LogP) is 18.5. The minimum absolute atomic E-state index is 0.0629. The van der Waals surface area contributed by atoms with E-state index in [1.54, 1.807) is 0 Å². The average molecular weight is 892 g/mol. The molecule has 0 saturated heterocycles. The van der Waals surface area contributed by atoms with Gasteiger partial charge in [-0.05, 0) is 31.1 Å². The predicted molar refractivity (Wildman–Crippen MR) is 270 cm³/mol. The third-order valence-corrected chi connectivity index (χ3v) is 13.3. The minimum atomic E-state index is -0.762. The number of hydrogen-bond acceptors (Lipinski definition) is 6. The zero-order valence-electron chi connectivity index (χ0n) is 43.2. The largest absolute Gasteiger partial charge is 0.462 e. The Kier molecular flexibility index (Phi) is 48.6.